The first-order valence-corrected chi connectivity index (χ1v) is 13.9. The molecule has 42 heavy (non-hydrogen) atoms. The van der Waals surface area contributed by atoms with Crippen LogP contribution in [0.2, 0.25) is 0 Å². The van der Waals surface area contributed by atoms with E-state index >= 15 is 0 Å². The monoisotopic (exact) mass is 562 g/mol. The molecule has 0 spiro atoms. The van der Waals surface area contributed by atoms with Crippen molar-refractivity contribution < 1.29 is 28.0 Å². The lowest BCUT2D eigenvalue weighted by atomic mass is 9.87. The van der Waals surface area contributed by atoms with Crippen molar-refractivity contribution in [3.8, 4) is 0 Å². The van der Waals surface area contributed by atoms with Gasteiger partial charge in [-0.2, -0.15) is 0 Å². The molecule has 0 saturated carbocycles. The Bertz CT molecular complexity index is 1640. The smallest absolute Gasteiger partial charge is 0.253 e. The van der Waals surface area contributed by atoms with Gasteiger partial charge in [-0.1, -0.05) is 36.4 Å². The number of benzene rings is 2. The van der Waals surface area contributed by atoms with Crippen molar-refractivity contribution in [2.75, 3.05) is 9.80 Å². The number of hydrazine groups is 1. The minimum atomic E-state index is -0.972. The average Bonchev–Trinajstić information content (AvgIpc) is 3.81. The Morgan fingerprint density at radius 3 is 1.26 bits per heavy atom. The van der Waals surface area contributed by atoms with E-state index in [1.165, 1.54) is 22.3 Å². The van der Waals surface area contributed by atoms with Gasteiger partial charge in [-0.3, -0.25) is 19.2 Å². The van der Waals surface area contributed by atoms with Crippen LogP contribution in [0.5, 0.6) is 0 Å². The van der Waals surface area contributed by atoms with Gasteiger partial charge in [0.1, 0.15) is 23.6 Å². The SMILES string of the molecule is Cc1ccccc1N1C(=O)[C@H]2[C@@H](C1=O)N1[C@@H](c3ccco3)[C@H]3C(=O)N(c4ccccc4C)C(=O)[C@@H]3N1[C@@H]2c1ccco1. The highest BCUT2D eigenvalue weighted by Gasteiger charge is 2.74. The number of carbonyl (C=O) groups excluding carboxylic acids is 4. The van der Waals surface area contributed by atoms with Crippen LogP contribution < -0.4 is 9.80 Å². The molecule has 0 bridgehead atoms. The highest BCUT2D eigenvalue weighted by molar-refractivity contribution is 6.26. The molecule has 4 amide bonds. The van der Waals surface area contributed by atoms with Crippen molar-refractivity contribution in [2.24, 2.45) is 11.8 Å². The molecular formula is C32H26N4O6. The summed E-state index contributed by atoms with van der Waals surface area (Å²) in [5.41, 5.74) is 2.59. The van der Waals surface area contributed by atoms with Crippen molar-refractivity contribution in [3.63, 3.8) is 0 Å². The van der Waals surface area contributed by atoms with E-state index in [0.29, 0.717) is 22.9 Å². The summed E-state index contributed by atoms with van der Waals surface area (Å²) in [6.07, 6.45) is 3.01. The molecule has 8 rings (SSSR count). The molecule has 4 fully saturated rings. The van der Waals surface area contributed by atoms with Gasteiger partial charge < -0.3 is 8.83 Å². The number of aryl methyl sites for hydroxylation is 2. The average molecular weight is 563 g/mol. The lowest BCUT2D eigenvalue weighted by Crippen LogP contribution is -2.50. The molecule has 6 heterocycles. The number of furan rings is 2. The molecule has 2 aromatic heterocycles. The summed E-state index contributed by atoms with van der Waals surface area (Å²) in [5.74, 6) is -2.46. The molecule has 210 valence electrons. The van der Waals surface area contributed by atoms with E-state index in [1.807, 2.05) is 38.1 Å². The maximum Gasteiger partial charge on any atom is 0.253 e. The summed E-state index contributed by atoms with van der Waals surface area (Å²) < 4.78 is 11.7. The number of imide groups is 2. The zero-order valence-corrected chi connectivity index (χ0v) is 22.8. The molecule has 0 radical (unpaired) electrons. The molecule has 4 aromatic rings. The Hall–Kier alpha value is -4.80. The van der Waals surface area contributed by atoms with E-state index in [2.05, 4.69) is 0 Å². The number of hydrogen-bond donors (Lipinski definition) is 0. The lowest BCUT2D eigenvalue weighted by molar-refractivity contribution is -0.136. The third-order valence-electron chi connectivity index (χ3n) is 9.11. The normalized spacial score (nSPS) is 29.1. The number of carbonyl (C=O) groups is 4. The van der Waals surface area contributed by atoms with Gasteiger partial charge in [0.25, 0.3) is 11.8 Å². The Kier molecular flexibility index (Phi) is 5.26. The topological polar surface area (TPSA) is 108 Å². The Labute approximate surface area is 240 Å². The number of anilines is 2. The van der Waals surface area contributed by atoms with Crippen LogP contribution in [0.25, 0.3) is 0 Å². The van der Waals surface area contributed by atoms with Gasteiger partial charge in [-0.15, -0.1) is 0 Å². The number of rotatable bonds is 4. The molecule has 4 aliphatic rings. The molecule has 0 N–H and O–H groups in total. The first-order valence-electron chi connectivity index (χ1n) is 13.9. The molecule has 4 aliphatic heterocycles. The molecule has 10 heteroatoms. The van der Waals surface area contributed by atoms with Crippen molar-refractivity contribution >= 4 is 35.0 Å². The molecule has 0 aliphatic carbocycles. The highest BCUT2D eigenvalue weighted by atomic mass is 16.3. The Morgan fingerprint density at radius 2 is 0.905 bits per heavy atom. The Balaban J connectivity index is 1.32. The summed E-state index contributed by atoms with van der Waals surface area (Å²) in [6.45, 7) is 3.70. The van der Waals surface area contributed by atoms with Crippen LogP contribution in [0.4, 0.5) is 11.4 Å². The summed E-state index contributed by atoms with van der Waals surface area (Å²) in [7, 11) is 0. The Morgan fingerprint density at radius 1 is 0.500 bits per heavy atom. The van der Waals surface area contributed by atoms with Gasteiger partial charge in [-0.05, 0) is 61.4 Å². The summed E-state index contributed by atoms with van der Waals surface area (Å²) in [4.78, 5) is 59.7. The molecule has 10 nitrogen and oxygen atoms in total. The predicted octanol–water partition coefficient (Wildman–Crippen LogP) is 3.93. The van der Waals surface area contributed by atoms with Gasteiger partial charge in [0.2, 0.25) is 11.8 Å². The van der Waals surface area contributed by atoms with Gasteiger partial charge in [0.05, 0.1) is 47.8 Å². The fraction of sp³-hybridized carbons (Fsp3) is 0.250. The second-order valence-corrected chi connectivity index (χ2v) is 11.2. The van der Waals surface area contributed by atoms with Gasteiger partial charge in [-0.25, -0.2) is 19.8 Å². The molecule has 6 atom stereocenters. The van der Waals surface area contributed by atoms with Crippen LogP contribution in [-0.4, -0.2) is 45.7 Å². The van der Waals surface area contributed by atoms with Crippen LogP contribution in [0, 0.1) is 25.7 Å². The number of para-hydroxylation sites is 2. The highest BCUT2D eigenvalue weighted by Crippen LogP contribution is 2.60. The van der Waals surface area contributed by atoms with E-state index in [9.17, 15) is 19.2 Å². The number of nitrogens with zero attached hydrogens (tertiary/aromatic N) is 4. The fourth-order valence-corrected chi connectivity index (χ4v) is 7.42. The van der Waals surface area contributed by atoms with E-state index in [1.54, 1.807) is 58.5 Å². The van der Waals surface area contributed by atoms with E-state index in [0.717, 1.165) is 11.1 Å². The summed E-state index contributed by atoms with van der Waals surface area (Å²) >= 11 is 0. The quantitative estimate of drug-likeness (QED) is 0.345. The van der Waals surface area contributed by atoms with Gasteiger partial charge in [0, 0.05) is 0 Å². The number of amides is 4. The minimum absolute atomic E-state index is 0.377. The summed E-state index contributed by atoms with van der Waals surface area (Å²) in [6, 6.07) is 17.9. The third kappa shape index (κ3) is 3.10. The summed E-state index contributed by atoms with van der Waals surface area (Å²) in [5, 5.41) is 3.52. The van der Waals surface area contributed by atoms with E-state index in [4.69, 9.17) is 8.83 Å². The lowest BCUT2D eigenvalue weighted by Gasteiger charge is -2.34. The predicted molar refractivity (Wildman–Crippen MR) is 148 cm³/mol. The van der Waals surface area contributed by atoms with Crippen LogP contribution in [0.15, 0.2) is 94.2 Å². The van der Waals surface area contributed by atoms with Gasteiger partial charge in [0.15, 0.2) is 0 Å². The number of fused-ring (bicyclic) bond motifs is 5. The van der Waals surface area contributed by atoms with Crippen molar-refractivity contribution in [2.45, 2.75) is 38.0 Å². The molecule has 0 unspecified atom stereocenters. The molecule has 4 saturated heterocycles. The second-order valence-electron chi connectivity index (χ2n) is 11.2. The maximum absolute atomic E-state index is 14.3. The van der Waals surface area contributed by atoms with Crippen LogP contribution >= 0.6 is 0 Å². The van der Waals surface area contributed by atoms with Crippen LogP contribution in [0.3, 0.4) is 0 Å². The van der Waals surface area contributed by atoms with Crippen molar-refractivity contribution in [1.29, 1.82) is 0 Å². The number of hydrogen-bond acceptors (Lipinski definition) is 8. The van der Waals surface area contributed by atoms with Crippen LogP contribution in [-0.2, 0) is 19.2 Å². The molecular weight excluding hydrogens is 536 g/mol. The zero-order chi connectivity index (χ0) is 28.9. The molecule has 2 aromatic carbocycles. The minimum Gasteiger partial charge on any atom is -0.468 e. The first-order chi connectivity index (χ1) is 20.4. The van der Waals surface area contributed by atoms with E-state index in [-0.39, 0.29) is 11.8 Å². The van der Waals surface area contributed by atoms with Crippen molar-refractivity contribution in [1.82, 2.24) is 10.0 Å². The fourth-order valence-electron chi connectivity index (χ4n) is 7.42. The zero-order valence-electron chi connectivity index (χ0n) is 22.8. The first kappa shape index (κ1) is 25.0. The third-order valence-corrected chi connectivity index (χ3v) is 9.11. The maximum atomic E-state index is 14.3. The van der Waals surface area contributed by atoms with E-state index < -0.39 is 47.8 Å². The van der Waals surface area contributed by atoms with Gasteiger partial charge >= 0.3 is 0 Å². The second kappa shape index (κ2) is 8.85. The standard InChI is InChI=1S/C32H26N4O6/c1-17-9-3-5-11-19(17)33-29(37)23-25(21-13-7-15-41-21)36-28-24(26(22-14-8-16-42-22)35(36)27(23)31(33)39)30(38)34(32(28)40)20-12-6-4-10-18(20)2/h3-16,23-28H,1-2H3/t23-,24-,25-,26+,27+,28-/m1/s1. The largest absolute Gasteiger partial charge is 0.468 e. The van der Waals surface area contributed by atoms with Crippen molar-refractivity contribution in [3.05, 3.63) is 108 Å². The van der Waals surface area contributed by atoms with Crippen LogP contribution in [0.1, 0.15) is 34.7 Å².